The number of amides is 1. The van der Waals surface area contributed by atoms with Crippen LogP contribution in [0.5, 0.6) is 0 Å². The van der Waals surface area contributed by atoms with Crippen LogP contribution in [0.1, 0.15) is 50.4 Å². The molecule has 1 amide bonds. The summed E-state index contributed by atoms with van der Waals surface area (Å²) in [6, 6.07) is 3.98. The number of carbonyl (C=O) groups excluding carboxylic acids is 1. The Morgan fingerprint density at radius 1 is 1.29 bits per heavy atom. The Hall–Kier alpha value is -1.58. The highest BCUT2D eigenvalue weighted by molar-refractivity contribution is 5.99. The summed E-state index contributed by atoms with van der Waals surface area (Å²) < 4.78 is 13.3. The van der Waals surface area contributed by atoms with Gasteiger partial charge in [0.05, 0.1) is 5.56 Å². The summed E-state index contributed by atoms with van der Waals surface area (Å²) in [4.78, 5) is 14.4. The first-order chi connectivity index (χ1) is 9.79. The minimum atomic E-state index is -0.421. The van der Waals surface area contributed by atoms with Crippen LogP contribution in [0, 0.1) is 17.2 Å². The van der Waals surface area contributed by atoms with E-state index >= 15 is 0 Å². The van der Waals surface area contributed by atoms with Crippen molar-refractivity contribution >= 4 is 11.6 Å². The van der Waals surface area contributed by atoms with Crippen molar-refractivity contribution in [2.75, 3.05) is 18.8 Å². The zero-order valence-electron chi connectivity index (χ0n) is 13.2. The van der Waals surface area contributed by atoms with E-state index in [1.54, 1.807) is 0 Å². The first kappa shape index (κ1) is 15.8. The van der Waals surface area contributed by atoms with Gasteiger partial charge < -0.3 is 10.6 Å². The molecule has 21 heavy (non-hydrogen) atoms. The van der Waals surface area contributed by atoms with Gasteiger partial charge >= 0.3 is 0 Å². The minimum absolute atomic E-state index is 0.151. The summed E-state index contributed by atoms with van der Waals surface area (Å²) in [5, 5.41) is 0. The molecule has 0 radical (unpaired) electrons. The Morgan fingerprint density at radius 2 is 2.00 bits per heavy atom. The fourth-order valence-corrected chi connectivity index (χ4v) is 3.05. The molecule has 1 aromatic rings. The number of halogens is 1. The normalized spacial score (nSPS) is 20.2. The summed E-state index contributed by atoms with van der Waals surface area (Å²) in [5.41, 5.74) is 6.71. The fraction of sp³-hybridized carbons (Fsp3) is 0.588. The second-order valence-corrected chi connectivity index (χ2v) is 7.02. The minimum Gasteiger partial charge on any atom is -0.398 e. The molecule has 116 valence electrons. The molecule has 0 bridgehead atoms. The number of nitrogens with two attached hydrogens (primary N) is 1. The molecule has 1 aromatic carbocycles. The average molecular weight is 292 g/mol. The predicted octanol–water partition coefficient (Wildman–Crippen LogP) is 3.70. The van der Waals surface area contributed by atoms with Crippen LogP contribution in [0.4, 0.5) is 10.1 Å². The molecule has 1 aliphatic heterocycles. The van der Waals surface area contributed by atoms with E-state index in [1.807, 2.05) is 4.90 Å². The second-order valence-electron chi connectivity index (χ2n) is 7.02. The van der Waals surface area contributed by atoms with Crippen LogP contribution in [0.15, 0.2) is 18.2 Å². The highest BCUT2D eigenvalue weighted by Crippen LogP contribution is 2.34. The highest BCUT2D eigenvalue weighted by atomic mass is 19.1. The zero-order valence-corrected chi connectivity index (χ0v) is 13.2. The van der Waals surface area contributed by atoms with E-state index in [-0.39, 0.29) is 16.9 Å². The molecule has 1 unspecified atom stereocenters. The van der Waals surface area contributed by atoms with Crippen molar-refractivity contribution in [2.45, 2.75) is 40.0 Å². The fourth-order valence-electron chi connectivity index (χ4n) is 3.05. The summed E-state index contributed by atoms with van der Waals surface area (Å²) in [5.74, 6) is 0.0386. The van der Waals surface area contributed by atoms with E-state index in [0.717, 1.165) is 32.4 Å². The van der Waals surface area contributed by atoms with Gasteiger partial charge in [-0.05, 0) is 48.8 Å². The molecule has 1 fully saturated rings. The third-order valence-corrected chi connectivity index (χ3v) is 4.49. The van der Waals surface area contributed by atoms with Crippen molar-refractivity contribution in [2.24, 2.45) is 11.3 Å². The Labute approximate surface area is 126 Å². The van der Waals surface area contributed by atoms with E-state index in [2.05, 4.69) is 20.8 Å². The Bertz CT molecular complexity index is 522. The molecule has 1 heterocycles. The van der Waals surface area contributed by atoms with E-state index in [9.17, 15) is 9.18 Å². The van der Waals surface area contributed by atoms with Crippen molar-refractivity contribution in [1.29, 1.82) is 0 Å². The molecule has 3 nitrogen and oxygen atoms in total. The Morgan fingerprint density at radius 3 is 2.67 bits per heavy atom. The number of rotatable bonds is 1. The number of nitrogens with zero attached hydrogens (tertiary/aromatic N) is 1. The molecular weight excluding hydrogens is 267 g/mol. The van der Waals surface area contributed by atoms with Crippen molar-refractivity contribution in [3.8, 4) is 0 Å². The molecule has 1 aliphatic rings. The van der Waals surface area contributed by atoms with Crippen molar-refractivity contribution in [3.05, 3.63) is 29.6 Å². The molecule has 2 N–H and O–H groups in total. The van der Waals surface area contributed by atoms with Crippen LogP contribution in [0.25, 0.3) is 0 Å². The number of anilines is 1. The smallest absolute Gasteiger partial charge is 0.256 e. The maximum atomic E-state index is 13.3. The maximum absolute atomic E-state index is 13.3. The van der Waals surface area contributed by atoms with E-state index in [0.29, 0.717) is 11.6 Å². The Balaban J connectivity index is 2.12. The van der Waals surface area contributed by atoms with E-state index in [4.69, 9.17) is 5.73 Å². The SMILES string of the molecule is CC(C)(C)C1CCCN(C(=O)c2cc(F)ccc2N)CC1. The van der Waals surface area contributed by atoms with Gasteiger partial charge in [-0.2, -0.15) is 0 Å². The van der Waals surface area contributed by atoms with Gasteiger partial charge in [0.1, 0.15) is 5.82 Å². The molecule has 0 saturated carbocycles. The number of likely N-dealkylation sites (tertiary alicyclic amines) is 1. The number of benzene rings is 1. The largest absolute Gasteiger partial charge is 0.398 e. The summed E-state index contributed by atoms with van der Waals surface area (Å²) >= 11 is 0. The molecule has 2 rings (SSSR count). The summed E-state index contributed by atoms with van der Waals surface area (Å²) in [7, 11) is 0. The van der Waals surface area contributed by atoms with Gasteiger partial charge in [0.15, 0.2) is 0 Å². The van der Waals surface area contributed by atoms with E-state index < -0.39 is 5.82 Å². The highest BCUT2D eigenvalue weighted by Gasteiger charge is 2.29. The van der Waals surface area contributed by atoms with Gasteiger partial charge in [-0.1, -0.05) is 20.8 Å². The van der Waals surface area contributed by atoms with Crippen molar-refractivity contribution in [1.82, 2.24) is 4.90 Å². The van der Waals surface area contributed by atoms with Gasteiger partial charge in [0.25, 0.3) is 5.91 Å². The molecule has 1 atom stereocenters. The van der Waals surface area contributed by atoms with Gasteiger partial charge in [-0.25, -0.2) is 4.39 Å². The maximum Gasteiger partial charge on any atom is 0.256 e. The van der Waals surface area contributed by atoms with Crippen LogP contribution in [-0.4, -0.2) is 23.9 Å². The first-order valence-corrected chi connectivity index (χ1v) is 7.63. The lowest BCUT2D eigenvalue weighted by atomic mass is 9.77. The number of carbonyl (C=O) groups is 1. The van der Waals surface area contributed by atoms with Crippen LogP contribution >= 0.6 is 0 Å². The molecule has 0 aliphatic carbocycles. The third-order valence-electron chi connectivity index (χ3n) is 4.49. The van der Waals surface area contributed by atoms with Crippen LogP contribution < -0.4 is 5.73 Å². The molecule has 4 heteroatoms. The standard InChI is InChI=1S/C17H25FN2O/c1-17(2,3)12-5-4-9-20(10-8-12)16(21)14-11-13(18)6-7-15(14)19/h6-7,11-12H,4-5,8-10,19H2,1-3H3. The average Bonchev–Trinajstić information content (AvgIpc) is 2.66. The van der Waals surface area contributed by atoms with Crippen molar-refractivity contribution < 1.29 is 9.18 Å². The lowest BCUT2D eigenvalue weighted by Crippen LogP contribution is -2.33. The molecule has 1 saturated heterocycles. The third kappa shape index (κ3) is 3.74. The number of hydrogen-bond acceptors (Lipinski definition) is 2. The zero-order chi connectivity index (χ0) is 15.6. The van der Waals surface area contributed by atoms with E-state index in [1.165, 1.54) is 18.2 Å². The molecular formula is C17H25FN2O. The summed E-state index contributed by atoms with van der Waals surface area (Å²) in [6.07, 6.45) is 3.11. The number of hydrogen-bond donors (Lipinski definition) is 1. The lowest BCUT2D eigenvalue weighted by molar-refractivity contribution is 0.0756. The van der Waals surface area contributed by atoms with Crippen LogP contribution in [-0.2, 0) is 0 Å². The number of nitrogen functional groups attached to an aromatic ring is 1. The monoisotopic (exact) mass is 292 g/mol. The van der Waals surface area contributed by atoms with Crippen molar-refractivity contribution in [3.63, 3.8) is 0 Å². The lowest BCUT2D eigenvalue weighted by Gasteiger charge is -2.29. The first-order valence-electron chi connectivity index (χ1n) is 7.63. The second kappa shape index (κ2) is 6.04. The quantitative estimate of drug-likeness (QED) is 0.802. The van der Waals surface area contributed by atoms with Gasteiger partial charge in [0, 0.05) is 18.8 Å². The molecule has 0 spiro atoms. The van der Waals surface area contributed by atoms with Crippen LogP contribution in [0.2, 0.25) is 0 Å². The van der Waals surface area contributed by atoms with Gasteiger partial charge in [-0.15, -0.1) is 0 Å². The van der Waals surface area contributed by atoms with Gasteiger partial charge in [-0.3, -0.25) is 4.79 Å². The topological polar surface area (TPSA) is 46.3 Å². The molecule has 0 aromatic heterocycles. The predicted molar refractivity (Wildman–Crippen MR) is 83.5 cm³/mol. The van der Waals surface area contributed by atoms with Crippen LogP contribution in [0.3, 0.4) is 0 Å². The van der Waals surface area contributed by atoms with Gasteiger partial charge in [0.2, 0.25) is 0 Å². The summed E-state index contributed by atoms with van der Waals surface area (Å²) in [6.45, 7) is 8.19. The Kier molecular flexibility index (Phi) is 4.55.